The maximum atomic E-state index is 13.5. The fourth-order valence-electron chi connectivity index (χ4n) is 4.06. The molecule has 1 saturated heterocycles. The minimum Gasteiger partial charge on any atom is -0.465 e. The predicted octanol–water partition coefficient (Wildman–Crippen LogP) is 2.30. The molecule has 0 bridgehead atoms. The number of esters is 1. The molecule has 3 heterocycles. The lowest BCUT2D eigenvalue weighted by atomic mass is 9.96. The van der Waals surface area contributed by atoms with E-state index >= 15 is 0 Å². The molecule has 1 fully saturated rings. The number of carbonyl (C=O) groups is 3. The van der Waals surface area contributed by atoms with E-state index < -0.39 is 42.2 Å². The number of likely N-dealkylation sites (tertiary alicyclic amines) is 1. The largest absolute Gasteiger partial charge is 0.465 e. The number of fused-ring (bicyclic) bond motifs is 2. The van der Waals surface area contributed by atoms with Gasteiger partial charge in [0.15, 0.2) is 0 Å². The Morgan fingerprint density at radius 1 is 1.25 bits per heavy atom. The van der Waals surface area contributed by atoms with Crippen LogP contribution in [-0.2, 0) is 9.53 Å². The van der Waals surface area contributed by atoms with Crippen LogP contribution in [0.3, 0.4) is 0 Å². The molecule has 0 saturated carbocycles. The number of carboxylic acid groups (broad SMARTS) is 2. The van der Waals surface area contributed by atoms with Crippen LogP contribution in [0.15, 0.2) is 30.6 Å². The number of hydrogen-bond donors (Lipinski definition) is 3. The second kappa shape index (κ2) is 6.25. The van der Waals surface area contributed by atoms with E-state index in [2.05, 4.69) is 4.98 Å². The van der Waals surface area contributed by atoms with Gasteiger partial charge in [-0.15, -0.1) is 0 Å². The number of halogens is 1. The van der Waals surface area contributed by atoms with Crippen molar-refractivity contribution in [3.8, 4) is 0 Å². The third-order valence-corrected chi connectivity index (χ3v) is 5.07. The number of aromatic nitrogens is 1. The summed E-state index contributed by atoms with van der Waals surface area (Å²) in [6, 6.07) is 2.35. The van der Waals surface area contributed by atoms with Crippen LogP contribution in [0.2, 0.25) is 0 Å². The molecule has 3 unspecified atom stereocenters. The number of amides is 2. The summed E-state index contributed by atoms with van der Waals surface area (Å²) in [5.41, 5.74) is 1.49. The zero-order valence-electron chi connectivity index (χ0n) is 14.6. The lowest BCUT2D eigenvalue weighted by Crippen LogP contribution is -2.45. The number of carbonyl (C=O) groups excluding carboxylic acids is 1. The van der Waals surface area contributed by atoms with E-state index in [1.54, 1.807) is 12.3 Å². The number of hydrogen-bond acceptors (Lipinski definition) is 4. The van der Waals surface area contributed by atoms with Crippen molar-refractivity contribution in [3.05, 3.63) is 42.0 Å². The van der Waals surface area contributed by atoms with Gasteiger partial charge in [0.2, 0.25) is 0 Å². The van der Waals surface area contributed by atoms with E-state index in [9.17, 15) is 29.0 Å². The molecule has 0 radical (unpaired) electrons. The molecule has 2 amide bonds. The van der Waals surface area contributed by atoms with Crippen LogP contribution < -0.4 is 0 Å². The van der Waals surface area contributed by atoms with Crippen LogP contribution in [0.4, 0.5) is 14.0 Å². The number of H-pyrrole nitrogens is 1. The molecule has 28 heavy (non-hydrogen) atoms. The zero-order valence-corrected chi connectivity index (χ0v) is 14.6. The number of rotatable bonds is 2. The van der Waals surface area contributed by atoms with E-state index in [1.807, 2.05) is 0 Å². The molecule has 10 heteroatoms. The van der Waals surface area contributed by atoms with Crippen LogP contribution in [-0.4, -0.2) is 67.9 Å². The Morgan fingerprint density at radius 2 is 2.00 bits per heavy atom. The average molecular weight is 389 g/mol. The first-order valence-corrected chi connectivity index (χ1v) is 8.44. The Balaban J connectivity index is 1.84. The fraction of sp³-hybridized carbons (Fsp3) is 0.278. The first-order chi connectivity index (χ1) is 13.3. The molecule has 0 aliphatic carbocycles. The average Bonchev–Trinajstić information content (AvgIpc) is 3.27. The first kappa shape index (κ1) is 17.8. The van der Waals surface area contributed by atoms with E-state index in [0.29, 0.717) is 22.0 Å². The molecule has 2 aliphatic rings. The number of nitrogens with one attached hydrogen (secondary N) is 1. The van der Waals surface area contributed by atoms with Crippen LogP contribution >= 0.6 is 0 Å². The summed E-state index contributed by atoms with van der Waals surface area (Å²) >= 11 is 0. The molecule has 0 spiro atoms. The van der Waals surface area contributed by atoms with Gasteiger partial charge in [-0.25, -0.2) is 14.0 Å². The molecule has 3 atom stereocenters. The van der Waals surface area contributed by atoms with Crippen LogP contribution in [0, 0.1) is 5.82 Å². The van der Waals surface area contributed by atoms with Crippen molar-refractivity contribution in [3.63, 3.8) is 0 Å². The lowest BCUT2D eigenvalue weighted by Gasteiger charge is -2.26. The first-order valence-electron chi connectivity index (χ1n) is 8.44. The van der Waals surface area contributed by atoms with Gasteiger partial charge in [0.25, 0.3) is 0 Å². The summed E-state index contributed by atoms with van der Waals surface area (Å²) in [5, 5.41) is 19.9. The number of nitrogens with zero attached hydrogens (tertiary/aromatic N) is 2. The monoisotopic (exact) mass is 389 g/mol. The number of aromatic amines is 1. The summed E-state index contributed by atoms with van der Waals surface area (Å²) in [5.74, 6) is -1.06. The Hall–Kier alpha value is -3.56. The highest BCUT2D eigenvalue weighted by Crippen LogP contribution is 2.42. The van der Waals surface area contributed by atoms with E-state index in [-0.39, 0.29) is 6.54 Å². The van der Waals surface area contributed by atoms with E-state index in [0.717, 1.165) is 9.80 Å². The van der Waals surface area contributed by atoms with E-state index in [1.165, 1.54) is 25.3 Å². The van der Waals surface area contributed by atoms with Gasteiger partial charge in [-0.2, -0.15) is 0 Å². The van der Waals surface area contributed by atoms with Gasteiger partial charge in [0, 0.05) is 41.4 Å². The summed E-state index contributed by atoms with van der Waals surface area (Å²) < 4.78 is 18.7. The maximum absolute atomic E-state index is 13.5. The minimum atomic E-state index is -1.29. The van der Waals surface area contributed by atoms with Crippen molar-refractivity contribution in [1.29, 1.82) is 0 Å². The van der Waals surface area contributed by atoms with Crippen molar-refractivity contribution in [2.24, 2.45) is 0 Å². The molecule has 2 aliphatic heterocycles. The van der Waals surface area contributed by atoms with Gasteiger partial charge in [-0.05, 0) is 18.2 Å². The lowest BCUT2D eigenvalue weighted by molar-refractivity contribution is -0.147. The summed E-state index contributed by atoms with van der Waals surface area (Å²) in [6.07, 6.45) is -0.563. The highest BCUT2D eigenvalue weighted by Gasteiger charge is 2.55. The van der Waals surface area contributed by atoms with Gasteiger partial charge in [0.05, 0.1) is 12.6 Å². The summed E-state index contributed by atoms with van der Waals surface area (Å²) in [7, 11) is 0. The fourth-order valence-corrected chi connectivity index (χ4v) is 4.06. The Morgan fingerprint density at radius 3 is 2.64 bits per heavy atom. The Kier molecular flexibility index (Phi) is 3.98. The highest BCUT2D eigenvalue weighted by atomic mass is 19.1. The Labute approximate surface area is 157 Å². The quantitative estimate of drug-likeness (QED) is 0.678. The highest BCUT2D eigenvalue weighted by molar-refractivity contribution is 5.96. The van der Waals surface area contributed by atoms with Gasteiger partial charge in [0.1, 0.15) is 18.0 Å². The third kappa shape index (κ3) is 2.65. The Bertz CT molecular complexity index is 1030. The van der Waals surface area contributed by atoms with Crippen LogP contribution in [0.5, 0.6) is 0 Å². The molecule has 1 aromatic heterocycles. The predicted molar refractivity (Wildman–Crippen MR) is 94.0 cm³/mol. The van der Waals surface area contributed by atoms with Gasteiger partial charge < -0.3 is 19.9 Å². The maximum Gasteiger partial charge on any atom is 0.411 e. The van der Waals surface area contributed by atoms with Crippen molar-refractivity contribution < 1.29 is 33.7 Å². The van der Waals surface area contributed by atoms with Crippen LogP contribution in [0.25, 0.3) is 16.5 Å². The molecular weight excluding hydrogens is 373 g/mol. The van der Waals surface area contributed by atoms with Crippen molar-refractivity contribution in [2.45, 2.75) is 25.1 Å². The summed E-state index contributed by atoms with van der Waals surface area (Å²) in [6.45, 7) is 1.03. The van der Waals surface area contributed by atoms with Crippen molar-refractivity contribution in [1.82, 2.24) is 14.8 Å². The number of ether oxygens (including phenoxy) is 1. The molecule has 4 rings (SSSR count). The molecular formula is C18H16FN3O6. The summed E-state index contributed by atoms with van der Waals surface area (Å²) in [4.78, 5) is 40.0. The molecule has 1 aromatic carbocycles. The molecule has 9 nitrogen and oxygen atoms in total. The van der Waals surface area contributed by atoms with Gasteiger partial charge in [-0.1, -0.05) is 0 Å². The van der Waals surface area contributed by atoms with Crippen LogP contribution in [0.1, 0.15) is 12.5 Å². The van der Waals surface area contributed by atoms with Gasteiger partial charge in [-0.3, -0.25) is 14.6 Å². The second-order valence-corrected chi connectivity index (χ2v) is 6.68. The smallest absolute Gasteiger partial charge is 0.411 e. The molecule has 2 aromatic rings. The normalized spacial score (nSPS) is 23.6. The second-order valence-electron chi connectivity index (χ2n) is 6.68. The number of benzene rings is 1. The van der Waals surface area contributed by atoms with Crippen molar-refractivity contribution in [2.75, 3.05) is 6.54 Å². The zero-order chi connectivity index (χ0) is 20.2. The topological polar surface area (TPSA) is 123 Å². The minimum absolute atomic E-state index is 0.150. The molecule has 146 valence electrons. The van der Waals surface area contributed by atoms with E-state index in [4.69, 9.17) is 4.74 Å². The van der Waals surface area contributed by atoms with Crippen molar-refractivity contribution >= 4 is 34.6 Å². The SMILES string of the molecule is CC(=O)OC1CN(C(=O)O)C2C(c3c[nH]c4cc(F)ccc34)=CN(C(=O)O)C12. The standard InChI is InChI=1S/C18H16FN3O6/c1-8(23)28-14-7-22(18(26)27)15-12(6-21(16(14)15)17(24)25)11-5-20-13-4-9(19)2-3-10(11)13/h2-6,14-16,20H,7H2,1H3,(H,24,25)(H,26,27). The van der Waals surface area contributed by atoms with Gasteiger partial charge >= 0.3 is 18.2 Å². The molecule has 3 N–H and O–H groups in total. The third-order valence-electron chi connectivity index (χ3n) is 5.07.